The average molecular weight is 297 g/mol. The summed E-state index contributed by atoms with van der Waals surface area (Å²) in [7, 11) is 0. The Labute approximate surface area is 124 Å². The fourth-order valence-electron chi connectivity index (χ4n) is 1.96. The molecular formula is C15H11N3O2S. The molecule has 0 aliphatic carbocycles. The Morgan fingerprint density at radius 3 is 2.76 bits per heavy atom. The van der Waals surface area contributed by atoms with Gasteiger partial charge in [0, 0.05) is 16.0 Å². The van der Waals surface area contributed by atoms with Crippen molar-refractivity contribution in [3.8, 4) is 0 Å². The number of hydrogen-bond donors (Lipinski definition) is 2. The lowest BCUT2D eigenvalue weighted by Gasteiger charge is -2.06. The van der Waals surface area contributed by atoms with Gasteiger partial charge in [-0.25, -0.2) is 14.8 Å². The summed E-state index contributed by atoms with van der Waals surface area (Å²) in [4.78, 5) is 20.4. The number of fused-ring (bicyclic) bond motifs is 1. The number of benzene rings is 2. The van der Waals surface area contributed by atoms with Gasteiger partial charge in [-0.3, -0.25) is 0 Å². The van der Waals surface area contributed by atoms with Crippen molar-refractivity contribution in [2.45, 2.75) is 9.92 Å². The number of rotatable bonds is 3. The molecule has 5 nitrogen and oxygen atoms in total. The number of carboxylic acid groups (broad SMARTS) is 1. The van der Waals surface area contributed by atoms with E-state index >= 15 is 0 Å². The number of nitrogens with two attached hydrogens (primary N) is 1. The molecule has 0 fully saturated rings. The summed E-state index contributed by atoms with van der Waals surface area (Å²) in [5.74, 6) is -1.04. The number of carbonyl (C=O) groups is 1. The quantitative estimate of drug-likeness (QED) is 0.570. The molecule has 0 saturated carbocycles. The molecular weight excluding hydrogens is 286 g/mol. The predicted molar refractivity (Wildman–Crippen MR) is 81.5 cm³/mol. The predicted octanol–water partition coefficient (Wildman–Crippen LogP) is 3.06. The molecule has 0 unspecified atom stereocenters. The molecule has 2 aromatic carbocycles. The SMILES string of the molecule is Nc1ccc(Sc2ncnc3ccccc23)cc1C(=O)O. The second kappa shape index (κ2) is 5.41. The summed E-state index contributed by atoms with van der Waals surface area (Å²) in [6.07, 6.45) is 1.50. The van der Waals surface area contributed by atoms with Gasteiger partial charge in [0.25, 0.3) is 0 Å². The van der Waals surface area contributed by atoms with Crippen LogP contribution in [0.1, 0.15) is 10.4 Å². The van der Waals surface area contributed by atoms with E-state index in [4.69, 9.17) is 10.8 Å². The van der Waals surface area contributed by atoms with Crippen molar-refractivity contribution >= 4 is 34.3 Å². The Hall–Kier alpha value is -2.60. The topological polar surface area (TPSA) is 89.1 Å². The molecule has 0 atom stereocenters. The van der Waals surface area contributed by atoms with Crippen molar-refractivity contribution in [3.63, 3.8) is 0 Å². The van der Waals surface area contributed by atoms with Crippen molar-refractivity contribution in [1.29, 1.82) is 0 Å². The Kier molecular flexibility index (Phi) is 3.45. The maximum absolute atomic E-state index is 11.1. The maximum Gasteiger partial charge on any atom is 0.337 e. The first-order valence-electron chi connectivity index (χ1n) is 6.15. The second-order valence-corrected chi connectivity index (χ2v) is 5.41. The van der Waals surface area contributed by atoms with E-state index in [-0.39, 0.29) is 11.3 Å². The van der Waals surface area contributed by atoms with Gasteiger partial charge < -0.3 is 10.8 Å². The van der Waals surface area contributed by atoms with E-state index in [1.165, 1.54) is 18.1 Å². The lowest BCUT2D eigenvalue weighted by atomic mass is 10.2. The molecule has 3 rings (SSSR count). The summed E-state index contributed by atoms with van der Waals surface area (Å²) in [5, 5.41) is 10.8. The minimum Gasteiger partial charge on any atom is -0.478 e. The van der Waals surface area contributed by atoms with Crippen LogP contribution in [0.3, 0.4) is 0 Å². The fourth-order valence-corrected chi connectivity index (χ4v) is 2.88. The van der Waals surface area contributed by atoms with Gasteiger partial charge in [-0.2, -0.15) is 0 Å². The van der Waals surface area contributed by atoms with Gasteiger partial charge in [-0.1, -0.05) is 30.0 Å². The van der Waals surface area contributed by atoms with Crippen molar-refractivity contribution in [2.75, 3.05) is 5.73 Å². The Bertz CT molecular complexity index is 831. The molecule has 1 aromatic heterocycles. The zero-order valence-corrected chi connectivity index (χ0v) is 11.7. The number of aromatic nitrogens is 2. The van der Waals surface area contributed by atoms with Crippen molar-refractivity contribution < 1.29 is 9.90 Å². The van der Waals surface area contributed by atoms with Crippen LogP contribution < -0.4 is 5.73 Å². The van der Waals surface area contributed by atoms with E-state index in [1.54, 1.807) is 18.2 Å². The monoisotopic (exact) mass is 297 g/mol. The zero-order chi connectivity index (χ0) is 14.8. The fraction of sp³-hybridized carbons (Fsp3) is 0. The highest BCUT2D eigenvalue weighted by molar-refractivity contribution is 7.99. The normalized spacial score (nSPS) is 10.7. The molecule has 3 aromatic rings. The largest absolute Gasteiger partial charge is 0.478 e. The second-order valence-electron chi connectivity index (χ2n) is 4.35. The maximum atomic E-state index is 11.1. The first-order chi connectivity index (χ1) is 10.1. The minimum atomic E-state index is -1.04. The zero-order valence-electron chi connectivity index (χ0n) is 10.9. The van der Waals surface area contributed by atoms with Crippen LogP contribution in [-0.4, -0.2) is 21.0 Å². The molecule has 21 heavy (non-hydrogen) atoms. The molecule has 1 heterocycles. The summed E-state index contributed by atoms with van der Waals surface area (Å²) in [6.45, 7) is 0. The van der Waals surface area contributed by atoms with Gasteiger partial charge in [0.2, 0.25) is 0 Å². The van der Waals surface area contributed by atoms with Gasteiger partial charge in [0.05, 0.1) is 11.1 Å². The summed E-state index contributed by atoms with van der Waals surface area (Å²) < 4.78 is 0. The number of aromatic carboxylic acids is 1. The lowest BCUT2D eigenvalue weighted by Crippen LogP contribution is -2.02. The molecule has 0 amide bonds. The third kappa shape index (κ3) is 2.66. The number of nitrogens with zero attached hydrogens (tertiary/aromatic N) is 2. The van der Waals surface area contributed by atoms with Crippen LogP contribution in [0.25, 0.3) is 10.9 Å². The summed E-state index contributed by atoms with van der Waals surface area (Å²) >= 11 is 1.39. The molecule has 6 heteroatoms. The molecule has 0 radical (unpaired) electrons. The molecule has 104 valence electrons. The highest BCUT2D eigenvalue weighted by Crippen LogP contribution is 2.32. The van der Waals surface area contributed by atoms with Crippen molar-refractivity contribution in [3.05, 3.63) is 54.4 Å². The van der Waals surface area contributed by atoms with E-state index in [0.717, 1.165) is 20.8 Å². The molecule has 0 saturated heterocycles. The number of carboxylic acids is 1. The third-order valence-electron chi connectivity index (χ3n) is 2.98. The number of para-hydroxylation sites is 1. The molecule has 0 bridgehead atoms. The Morgan fingerprint density at radius 2 is 1.95 bits per heavy atom. The van der Waals surface area contributed by atoms with E-state index in [9.17, 15) is 4.79 Å². The average Bonchev–Trinajstić information content (AvgIpc) is 2.49. The van der Waals surface area contributed by atoms with Crippen LogP contribution in [0.15, 0.2) is 58.7 Å². The molecule has 0 aliphatic heterocycles. The highest BCUT2D eigenvalue weighted by atomic mass is 32.2. The Balaban J connectivity index is 2.03. The van der Waals surface area contributed by atoms with Crippen molar-refractivity contribution in [1.82, 2.24) is 9.97 Å². The van der Waals surface area contributed by atoms with Gasteiger partial charge in [-0.05, 0) is 24.3 Å². The van der Waals surface area contributed by atoms with Gasteiger partial charge in [0.15, 0.2) is 0 Å². The van der Waals surface area contributed by atoms with Crippen molar-refractivity contribution in [2.24, 2.45) is 0 Å². The highest BCUT2D eigenvalue weighted by Gasteiger charge is 2.11. The summed E-state index contributed by atoms with van der Waals surface area (Å²) in [5.41, 5.74) is 6.85. The van der Waals surface area contributed by atoms with Crippen LogP contribution in [0.5, 0.6) is 0 Å². The minimum absolute atomic E-state index is 0.0957. The smallest absolute Gasteiger partial charge is 0.337 e. The third-order valence-corrected chi connectivity index (χ3v) is 3.98. The van der Waals surface area contributed by atoms with Gasteiger partial charge in [-0.15, -0.1) is 0 Å². The van der Waals surface area contributed by atoms with Crippen LogP contribution in [0.4, 0.5) is 5.69 Å². The van der Waals surface area contributed by atoms with E-state index in [0.29, 0.717) is 0 Å². The molecule has 0 spiro atoms. The first-order valence-corrected chi connectivity index (χ1v) is 6.97. The molecule has 0 aliphatic rings. The van der Waals surface area contributed by atoms with Crippen LogP contribution in [0.2, 0.25) is 0 Å². The lowest BCUT2D eigenvalue weighted by molar-refractivity contribution is 0.0698. The Morgan fingerprint density at radius 1 is 1.14 bits per heavy atom. The van der Waals surface area contributed by atoms with Gasteiger partial charge >= 0.3 is 5.97 Å². The number of anilines is 1. The van der Waals surface area contributed by atoms with E-state index < -0.39 is 5.97 Å². The number of hydrogen-bond acceptors (Lipinski definition) is 5. The van der Waals surface area contributed by atoms with Gasteiger partial charge in [0.1, 0.15) is 11.4 Å². The van der Waals surface area contributed by atoms with E-state index in [1.807, 2.05) is 24.3 Å². The van der Waals surface area contributed by atoms with Crippen LogP contribution in [0, 0.1) is 0 Å². The van der Waals surface area contributed by atoms with Crippen LogP contribution in [-0.2, 0) is 0 Å². The number of nitrogen functional groups attached to an aromatic ring is 1. The van der Waals surface area contributed by atoms with E-state index in [2.05, 4.69) is 9.97 Å². The summed E-state index contributed by atoms with van der Waals surface area (Å²) in [6, 6.07) is 12.6. The van der Waals surface area contributed by atoms with Crippen LogP contribution >= 0.6 is 11.8 Å². The molecule has 3 N–H and O–H groups in total. The standard InChI is InChI=1S/C15H11N3O2S/c16-12-6-5-9(7-11(12)15(19)20)21-14-10-3-1-2-4-13(10)17-8-18-14/h1-8H,16H2,(H,19,20). The first kappa shape index (κ1) is 13.4.